The molecule has 2 heterocycles. The Morgan fingerprint density at radius 1 is 1.14 bits per heavy atom. The monoisotopic (exact) mass is 193 g/mol. The van der Waals surface area contributed by atoms with Crippen molar-refractivity contribution in [1.29, 1.82) is 0 Å². The van der Waals surface area contributed by atoms with Crippen molar-refractivity contribution < 1.29 is 0 Å². The molecule has 0 radical (unpaired) electrons. The van der Waals surface area contributed by atoms with Gasteiger partial charge in [-0.3, -0.25) is 0 Å². The van der Waals surface area contributed by atoms with Gasteiger partial charge < -0.3 is 4.90 Å². The Bertz CT molecular complexity index is 260. The molecule has 0 saturated carbocycles. The zero-order chi connectivity index (χ0) is 9.97. The highest BCUT2D eigenvalue weighted by atomic mass is 15.3. The lowest BCUT2D eigenvalue weighted by atomic mass is 10.1. The number of aliphatic imine (C=N–C) groups is 2. The van der Waals surface area contributed by atoms with Gasteiger partial charge in [0.05, 0.1) is 6.54 Å². The van der Waals surface area contributed by atoms with E-state index in [-0.39, 0.29) is 0 Å². The predicted molar refractivity (Wildman–Crippen MR) is 60.0 cm³/mol. The molecule has 0 unspecified atom stereocenters. The van der Waals surface area contributed by atoms with E-state index in [9.17, 15) is 0 Å². The molecule has 0 spiro atoms. The number of guanidine groups is 1. The van der Waals surface area contributed by atoms with Crippen LogP contribution in [0.15, 0.2) is 9.98 Å². The summed E-state index contributed by atoms with van der Waals surface area (Å²) in [5.41, 5.74) is 1.24. The molecule has 0 atom stereocenters. The lowest BCUT2D eigenvalue weighted by Crippen LogP contribution is -2.34. The molecule has 14 heavy (non-hydrogen) atoms. The van der Waals surface area contributed by atoms with Crippen LogP contribution in [0.3, 0.4) is 0 Å². The van der Waals surface area contributed by atoms with E-state index in [0.717, 1.165) is 25.6 Å². The lowest BCUT2D eigenvalue weighted by Gasteiger charge is -2.26. The summed E-state index contributed by atoms with van der Waals surface area (Å²) in [5, 5.41) is 0. The van der Waals surface area contributed by atoms with E-state index < -0.39 is 0 Å². The average molecular weight is 193 g/mol. The first-order valence-electron chi connectivity index (χ1n) is 5.64. The first-order valence-corrected chi connectivity index (χ1v) is 5.64. The van der Waals surface area contributed by atoms with Crippen LogP contribution < -0.4 is 0 Å². The summed E-state index contributed by atoms with van der Waals surface area (Å²) in [6.07, 6.45) is 3.96. The van der Waals surface area contributed by atoms with E-state index in [1.165, 1.54) is 25.0 Å². The standard InChI is InChI=1S/C11H19N3/c1-9(2)10-8-12-11(13-10)14-6-4-3-5-7-14/h9H,3-8H2,1-2H3. The minimum absolute atomic E-state index is 0.543. The molecule has 0 aromatic carbocycles. The van der Waals surface area contributed by atoms with Crippen molar-refractivity contribution in [3.05, 3.63) is 0 Å². The molecule has 0 aromatic heterocycles. The van der Waals surface area contributed by atoms with Crippen molar-refractivity contribution in [2.75, 3.05) is 19.6 Å². The van der Waals surface area contributed by atoms with Gasteiger partial charge in [0.15, 0.2) is 0 Å². The fraction of sp³-hybridized carbons (Fsp3) is 0.818. The minimum Gasteiger partial charge on any atom is -0.341 e. The second kappa shape index (κ2) is 4.11. The molecule has 0 aromatic rings. The van der Waals surface area contributed by atoms with Crippen molar-refractivity contribution in [3.63, 3.8) is 0 Å². The lowest BCUT2D eigenvalue weighted by molar-refractivity contribution is 0.339. The Balaban J connectivity index is 1.98. The number of nitrogens with zero attached hydrogens (tertiary/aromatic N) is 3. The first-order chi connectivity index (χ1) is 6.77. The van der Waals surface area contributed by atoms with Crippen LogP contribution in [0.1, 0.15) is 33.1 Å². The van der Waals surface area contributed by atoms with Crippen molar-refractivity contribution in [1.82, 2.24) is 4.90 Å². The van der Waals surface area contributed by atoms with E-state index in [0.29, 0.717) is 5.92 Å². The van der Waals surface area contributed by atoms with Crippen LogP contribution in [0.2, 0.25) is 0 Å². The Morgan fingerprint density at radius 3 is 2.43 bits per heavy atom. The molecule has 0 bridgehead atoms. The molecule has 2 aliphatic rings. The van der Waals surface area contributed by atoms with E-state index in [4.69, 9.17) is 0 Å². The molecule has 2 rings (SSSR count). The summed E-state index contributed by atoms with van der Waals surface area (Å²) < 4.78 is 0. The van der Waals surface area contributed by atoms with Gasteiger partial charge in [0.25, 0.3) is 0 Å². The average Bonchev–Trinajstić information content (AvgIpc) is 2.68. The predicted octanol–water partition coefficient (Wildman–Crippen LogP) is 1.94. The fourth-order valence-corrected chi connectivity index (χ4v) is 1.93. The molecule has 3 nitrogen and oxygen atoms in total. The molecular weight excluding hydrogens is 174 g/mol. The van der Waals surface area contributed by atoms with Gasteiger partial charge in [-0.1, -0.05) is 13.8 Å². The van der Waals surface area contributed by atoms with Crippen LogP contribution in [0.4, 0.5) is 0 Å². The maximum atomic E-state index is 4.60. The minimum atomic E-state index is 0.543. The fourth-order valence-electron chi connectivity index (χ4n) is 1.93. The topological polar surface area (TPSA) is 28.0 Å². The van der Waals surface area contributed by atoms with Gasteiger partial charge in [-0.2, -0.15) is 0 Å². The summed E-state index contributed by atoms with van der Waals surface area (Å²) in [6, 6.07) is 0. The van der Waals surface area contributed by atoms with Gasteiger partial charge in [-0.05, 0) is 25.2 Å². The maximum Gasteiger partial charge on any atom is 0.221 e. The number of likely N-dealkylation sites (tertiary alicyclic amines) is 1. The first kappa shape index (κ1) is 9.69. The number of piperidine rings is 1. The summed E-state index contributed by atoms with van der Waals surface area (Å²) in [6.45, 7) is 7.49. The van der Waals surface area contributed by atoms with Crippen LogP contribution in [0, 0.1) is 5.92 Å². The SMILES string of the molecule is CC(C)C1=NC(N2CCCCC2)=NC1. The third-order valence-corrected chi connectivity index (χ3v) is 2.93. The quantitative estimate of drug-likeness (QED) is 0.625. The third-order valence-electron chi connectivity index (χ3n) is 2.93. The van der Waals surface area contributed by atoms with E-state index >= 15 is 0 Å². The van der Waals surface area contributed by atoms with Crippen LogP contribution in [0.25, 0.3) is 0 Å². The van der Waals surface area contributed by atoms with Crippen molar-refractivity contribution >= 4 is 11.7 Å². The maximum absolute atomic E-state index is 4.60. The molecule has 0 aliphatic carbocycles. The number of hydrogen-bond acceptors (Lipinski definition) is 3. The zero-order valence-corrected chi connectivity index (χ0v) is 9.16. The van der Waals surface area contributed by atoms with Crippen LogP contribution in [0.5, 0.6) is 0 Å². The smallest absolute Gasteiger partial charge is 0.221 e. The zero-order valence-electron chi connectivity index (χ0n) is 9.16. The van der Waals surface area contributed by atoms with Gasteiger partial charge >= 0.3 is 0 Å². The Kier molecular flexibility index (Phi) is 2.85. The van der Waals surface area contributed by atoms with E-state index in [1.54, 1.807) is 0 Å². The number of hydrogen-bond donors (Lipinski definition) is 0. The second-order valence-electron chi connectivity index (χ2n) is 4.42. The molecule has 0 N–H and O–H groups in total. The normalized spacial score (nSPS) is 22.6. The van der Waals surface area contributed by atoms with Gasteiger partial charge in [0.1, 0.15) is 0 Å². The molecule has 3 heteroatoms. The summed E-state index contributed by atoms with van der Waals surface area (Å²) in [4.78, 5) is 11.4. The Hall–Kier alpha value is -0.860. The highest BCUT2D eigenvalue weighted by Gasteiger charge is 2.19. The molecule has 1 fully saturated rings. The highest BCUT2D eigenvalue weighted by molar-refractivity contribution is 6.03. The summed E-state index contributed by atoms with van der Waals surface area (Å²) in [7, 11) is 0. The second-order valence-corrected chi connectivity index (χ2v) is 4.42. The van der Waals surface area contributed by atoms with Gasteiger partial charge in [-0.25, -0.2) is 9.98 Å². The molecule has 78 valence electrons. The molecular formula is C11H19N3. The van der Waals surface area contributed by atoms with Crippen LogP contribution >= 0.6 is 0 Å². The molecule has 0 amide bonds. The van der Waals surface area contributed by atoms with Crippen LogP contribution in [-0.4, -0.2) is 36.2 Å². The van der Waals surface area contributed by atoms with Crippen molar-refractivity contribution in [2.24, 2.45) is 15.9 Å². The summed E-state index contributed by atoms with van der Waals surface area (Å²) in [5.74, 6) is 1.54. The van der Waals surface area contributed by atoms with Gasteiger partial charge in [0, 0.05) is 18.8 Å². The third kappa shape index (κ3) is 1.97. The van der Waals surface area contributed by atoms with Crippen molar-refractivity contribution in [2.45, 2.75) is 33.1 Å². The van der Waals surface area contributed by atoms with Gasteiger partial charge in [-0.15, -0.1) is 0 Å². The largest absolute Gasteiger partial charge is 0.341 e. The summed E-state index contributed by atoms with van der Waals surface area (Å²) >= 11 is 0. The molecule has 1 saturated heterocycles. The van der Waals surface area contributed by atoms with E-state index in [1.807, 2.05) is 0 Å². The van der Waals surface area contributed by atoms with Crippen molar-refractivity contribution in [3.8, 4) is 0 Å². The Labute approximate surface area is 85.9 Å². The van der Waals surface area contributed by atoms with Crippen LogP contribution in [-0.2, 0) is 0 Å². The van der Waals surface area contributed by atoms with E-state index in [2.05, 4.69) is 28.7 Å². The number of rotatable bonds is 1. The molecule has 2 aliphatic heterocycles. The highest BCUT2D eigenvalue weighted by Crippen LogP contribution is 2.14. The van der Waals surface area contributed by atoms with Gasteiger partial charge in [0.2, 0.25) is 5.96 Å². The Morgan fingerprint density at radius 2 is 1.86 bits per heavy atom.